The summed E-state index contributed by atoms with van der Waals surface area (Å²) in [7, 11) is 0. The summed E-state index contributed by atoms with van der Waals surface area (Å²) in [6.45, 7) is 4.42. The van der Waals surface area contributed by atoms with Gasteiger partial charge in [0.2, 0.25) is 23.0 Å². The smallest absolute Gasteiger partial charge is 0.224 e. The highest BCUT2D eigenvalue weighted by Crippen LogP contribution is 2.27. The van der Waals surface area contributed by atoms with Crippen molar-refractivity contribution in [3.05, 3.63) is 73.1 Å². The van der Waals surface area contributed by atoms with Crippen LogP contribution in [-0.2, 0) is 9.59 Å². The average molecular weight is 767 g/mol. The first-order valence-electron chi connectivity index (χ1n) is 18.7. The summed E-state index contributed by atoms with van der Waals surface area (Å²) >= 11 is 4.64. The van der Waals surface area contributed by atoms with Crippen LogP contribution in [0.5, 0.6) is 0 Å². The number of nitrogens with one attached hydrogen (secondary N) is 3. The van der Waals surface area contributed by atoms with Crippen molar-refractivity contribution < 1.29 is 9.59 Å². The molecule has 2 fully saturated rings. The maximum atomic E-state index is 11.1. The molecule has 0 atom stereocenters. The van der Waals surface area contributed by atoms with E-state index in [0.717, 1.165) is 79.5 Å². The fourth-order valence-corrected chi connectivity index (χ4v) is 6.86. The van der Waals surface area contributed by atoms with Gasteiger partial charge in [-0.1, -0.05) is 34.7 Å². The zero-order valence-corrected chi connectivity index (χ0v) is 31.8. The number of hydrogen-bond acceptors (Lipinski definition) is 13. The van der Waals surface area contributed by atoms with Gasteiger partial charge in [-0.3, -0.25) is 9.59 Å². The molecular weight excluding hydrogens is 720 g/mol. The molecule has 8 rings (SSSR count). The second-order valence-electron chi connectivity index (χ2n) is 13.8. The Hall–Kier alpha value is -5.61. The van der Waals surface area contributed by atoms with Crippen molar-refractivity contribution in [2.75, 3.05) is 23.7 Å². The zero-order valence-electron chi connectivity index (χ0n) is 31.1. The molecule has 4 aromatic heterocycles. The summed E-state index contributed by atoms with van der Waals surface area (Å²) in [5.74, 6) is 3.93. The van der Waals surface area contributed by atoms with Crippen LogP contribution in [-0.4, -0.2) is 86.2 Å². The molecule has 0 unspecified atom stereocenters. The van der Waals surface area contributed by atoms with Gasteiger partial charge < -0.3 is 21.7 Å². The Bertz CT molecular complexity index is 2150. The molecule has 0 radical (unpaired) electrons. The second kappa shape index (κ2) is 19.1. The van der Waals surface area contributed by atoms with Crippen LogP contribution in [0.4, 0.5) is 11.9 Å². The van der Waals surface area contributed by atoms with Crippen LogP contribution in [0.15, 0.2) is 73.1 Å². The van der Waals surface area contributed by atoms with Crippen molar-refractivity contribution in [2.45, 2.75) is 77.3 Å². The minimum atomic E-state index is -0.361. The van der Waals surface area contributed by atoms with Gasteiger partial charge in [0, 0.05) is 57.0 Å². The lowest BCUT2D eigenvalue weighted by Crippen LogP contribution is -2.33. The summed E-state index contributed by atoms with van der Waals surface area (Å²) in [4.78, 5) is 38.2. The van der Waals surface area contributed by atoms with E-state index in [9.17, 15) is 9.59 Å². The number of amides is 1. The number of carbonyl (C=O) groups excluding carboxylic acids is 2. The molecule has 2 aliphatic rings. The number of aromatic nitrogens is 10. The van der Waals surface area contributed by atoms with Crippen LogP contribution in [0.2, 0.25) is 0 Å². The van der Waals surface area contributed by atoms with Gasteiger partial charge in [0.1, 0.15) is 11.0 Å². The third-order valence-corrected chi connectivity index (χ3v) is 9.75. The maximum absolute atomic E-state index is 11.1. The number of benzene rings is 2. The lowest BCUT2D eigenvalue weighted by atomic mass is 9.86. The number of anilines is 2. The highest BCUT2D eigenvalue weighted by Gasteiger charge is 2.23. The summed E-state index contributed by atoms with van der Waals surface area (Å²) < 4.78 is 3.47. The number of hydrogen-bond donors (Lipinski definition) is 4. The van der Waals surface area contributed by atoms with E-state index in [1.807, 2.05) is 60.7 Å². The van der Waals surface area contributed by atoms with Crippen LogP contribution in [0, 0.1) is 11.8 Å². The molecule has 0 aliphatic heterocycles. The van der Waals surface area contributed by atoms with Gasteiger partial charge in [-0.15, -0.1) is 10.2 Å². The monoisotopic (exact) mass is 766 g/mol. The highest BCUT2D eigenvalue weighted by molar-refractivity contribution is 6.62. The normalized spacial score (nSPS) is 19.3. The Kier molecular flexibility index (Phi) is 13.6. The first-order valence-corrected chi connectivity index (χ1v) is 19.0. The zero-order chi connectivity index (χ0) is 38.6. The number of para-hydroxylation sites is 2. The number of rotatable bonds is 9. The minimum Gasteiger partial charge on any atom is -0.356 e. The maximum Gasteiger partial charge on any atom is 0.224 e. The first kappa shape index (κ1) is 39.1. The molecule has 6 aromatic rings. The molecule has 5 N–H and O–H groups in total. The van der Waals surface area contributed by atoms with Crippen molar-refractivity contribution in [3.8, 4) is 11.6 Å². The molecule has 288 valence electrons. The molecule has 0 saturated heterocycles. The van der Waals surface area contributed by atoms with Gasteiger partial charge in [0.25, 0.3) is 0 Å². The Morgan fingerprint density at radius 2 is 1.13 bits per heavy atom. The van der Waals surface area contributed by atoms with Crippen LogP contribution >= 0.6 is 11.6 Å². The first-order chi connectivity index (χ1) is 26.7. The average Bonchev–Trinajstić information content (AvgIpc) is 3.83. The molecule has 16 nitrogen and oxygen atoms in total. The van der Waals surface area contributed by atoms with Gasteiger partial charge >= 0.3 is 0 Å². The van der Waals surface area contributed by atoms with Crippen molar-refractivity contribution in [2.24, 2.45) is 17.6 Å². The van der Waals surface area contributed by atoms with E-state index in [2.05, 4.69) is 68.1 Å². The largest absolute Gasteiger partial charge is 0.356 e. The third kappa shape index (κ3) is 11.0. The molecule has 55 heavy (non-hydrogen) atoms. The van der Waals surface area contributed by atoms with Crippen molar-refractivity contribution in [1.82, 2.24) is 55.2 Å². The SMILES string of the molecule is CC(=O)Cl.CC(=O)NCC1CCC(Nc2nccc(-n3nnc4ccccc43)n2)CC1.NCC1CCC(Nc2nccc(-n3nnc4ccccc43)n2)CC1. The van der Waals surface area contributed by atoms with Crippen LogP contribution in [0.3, 0.4) is 0 Å². The molecule has 2 aliphatic carbocycles. The van der Waals surface area contributed by atoms with Crippen molar-refractivity contribution in [1.29, 1.82) is 0 Å². The fourth-order valence-electron chi connectivity index (χ4n) is 6.86. The Balaban J connectivity index is 0.000000172. The topological polar surface area (TPSA) is 209 Å². The Morgan fingerprint density at radius 3 is 1.56 bits per heavy atom. The van der Waals surface area contributed by atoms with Gasteiger partial charge in [-0.2, -0.15) is 19.3 Å². The molecule has 2 saturated carbocycles. The van der Waals surface area contributed by atoms with Gasteiger partial charge in [-0.05, 0) is 106 Å². The lowest BCUT2D eigenvalue weighted by molar-refractivity contribution is -0.119. The predicted octanol–water partition coefficient (Wildman–Crippen LogP) is 5.23. The molecule has 4 heterocycles. The van der Waals surface area contributed by atoms with Gasteiger partial charge in [-0.25, -0.2) is 9.97 Å². The molecule has 17 heteroatoms. The van der Waals surface area contributed by atoms with Gasteiger partial charge in [0.05, 0.1) is 11.0 Å². The van der Waals surface area contributed by atoms with Crippen LogP contribution in [0.1, 0.15) is 65.2 Å². The molecule has 2 aromatic carbocycles. The quantitative estimate of drug-likeness (QED) is 0.139. The van der Waals surface area contributed by atoms with Crippen molar-refractivity contribution >= 4 is 56.7 Å². The number of carbonyl (C=O) groups is 2. The number of nitrogens with zero attached hydrogens (tertiary/aromatic N) is 10. The summed E-state index contributed by atoms with van der Waals surface area (Å²) in [5, 5.41) is 26.2. The van der Waals surface area contributed by atoms with E-state index in [1.165, 1.54) is 19.8 Å². The van der Waals surface area contributed by atoms with Crippen LogP contribution < -0.4 is 21.7 Å². The molecule has 0 spiro atoms. The summed E-state index contributed by atoms with van der Waals surface area (Å²) in [5.41, 5.74) is 9.30. The molecule has 1 amide bonds. The Morgan fingerprint density at radius 1 is 0.691 bits per heavy atom. The Labute approximate surface area is 324 Å². The standard InChI is InChI=1S/C19H23N7O.C17H21N7.C2H3ClO/c1-13(27)21-12-14-6-8-15(9-7-14)22-19-20-11-10-18(23-19)26-17-5-3-2-4-16(17)24-25-26;18-11-12-5-7-13(8-6-12)20-17-19-10-9-16(21-17)24-15-4-2-1-3-14(15)22-23-24;1-2(3)4/h2-5,10-11,14-15H,6-9,12H2,1H3,(H,21,27)(H,20,22,23);1-4,9-10,12-13H,5-8,11,18H2,(H,19,20,21);1H3. The number of nitrogens with two attached hydrogens (primary N) is 1. The predicted molar refractivity (Wildman–Crippen MR) is 212 cm³/mol. The summed E-state index contributed by atoms with van der Waals surface area (Å²) in [6, 6.07) is 20.1. The third-order valence-electron chi connectivity index (χ3n) is 9.75. The van der Waals surface area contributed by atoms with Gasteiger partial charge in [0.15, 0.2) is 11.6 Å². The number of fused-ring (bicyclic) bond motifs is 2. The van der Waals surface area contributed by atoms with E-state index >= 15 is 0 Å². The fraction of sp³-hybridized carbons (Fsp3) is 0.421. The van der Waals surface area contributed by atoms with E-state index in [4.69, 9.17) is 5.73 Å². The minimum absolute atomic E-state index is 0.0427. The summed E-state index contributed by atoms with van der Waals surface area (Å²) in [6.07, 6.45) is 12.3. The molecule has 0 bridgehead atoms. The highest BCUT2D eigenvalue weighted by atomic mass is 35.5. The van der Waals surface area contributed by atoms with E-state index < -0.39 is 0 Å². The van der Waals surface area contributed by atoms with Crippen LogP contribution in [0.25, 0.3) is 33.7 Å². The van der Waals surface area contributed by atoms with E-state index in [-0.39, 0.29) is 11.1 Å². The molecular formula is C38H47ClN14O2. The van der Waals surface area contributed by atoms with E-state index in [0.29, 0.717) is 41.6 Å². The van der Waals surface area contributed by atoms with E-state index in [1.54, 1.807) is 28.7 Å². The van der Waals surface area contributed by atoms with Crippen molar-refractivity contribution in [3.63, 3.8) is 0 Å². The number of halogens is 1. The lowest BCUT2D eigenvalue weighted by Gasteiger charge is -2.29. The second-order valence-corrected chi connectivity index (χ2v) is 14.4.